The number of ether oxygens (including phenoxy) is 2. The molecule has 3 heterocycles. The monoisotopic (exact) mass is 658 g/mol. The van der Waals surface area contributed by atoms with E-state index in [1.807, 2.05) is 13.8 Å². The zero-order valence-corrected chi connectivity index (χ0v) is 27.7. The molecule has 244 valence electrons. The van der Waals surface area contributed by atoms with Crippen LogP contribution in [-0.2, 0) is 14.8 Å². The van der Waals surface area contributed by atoms with Crippen LogP contribution in [0.1, 0.15) is 60.7 Å². The first kappa shape index (κ1) is 34.4. The first-order valence-electron chi connectivity index (χ1n) is 15.1. The van der Waals surface area contributed by atoms with Crippen molar-refractivity contribution in [2.24, 2.45) is 5.92 Å². The second-order valence-corrected chi connectivity index (χ2v) is 14.3. The van der Waals surface area contributed by atoms with Gasteiger partial charge < -0.3 is 24.4 Å². The number of aromatic nitrogens is 1. The van der Waals surface area contributed by atoms with Crippen LogP contribution in [0.4, 0.5) is 5.69 Å². The highest BCUT2D eigenvalue weighted by atomic mass is 32.2. The van der Waals surface area contributed by atoms with Crippen molar-refractivity contribution >= 4 is 38.9 Å². The van der Waals surface area contributed by atoms with E-state index in [0.29, 0.717) is 30.9 Å². The quantitative estimate of drug-likeness (QED) is 0.361. The van der Waals surface area contributed by atoms with Crippen molar-refractivity contribution in [2.75, 3.05) is 38.1 Å². The van der Waals surface area contributed by atoms with Crippen molar-refractivity contribution in [3.63, 3.8) is 0 Å². The van der Waals surface area contributed by atoms with E-state index in [2.05, 4.69) is 9.71 Å². The van der Waals surface area contributed by atoms with E-state index in [0.717, 1.165) is 24.2 Å². The van der Waals surface area contributed by atoms with Gasteiger partial charge >= 0.3 is 0 Å². The van der Waals surface area contributed by atoms with Crippen molar-refractivity contribution in [3.05, 3.63) is 71.4 Å². The van der Waals surface area contributed by atoms with E-state index in [4.69, 9.17) is 9.47 Å². The minimum Gasteiger partial charge on any atom is -0.490 e. The number of pyridine rings is 1. The summed E-state index contributed by atoms with van der Waals surface area (Å²) in [4.78, 5) is 34.6. The molecule has 4 rings (SSSR count). The van der Waals surface area contributed by atoms with Crippen LogP contribution >= 0.6 is 11.3 Å². The van der Waals surface area contributed by atoms with Crippen LogP contribution in [0.3, 0.4) is 0 Å². The Bertz CT molecular complexity index is 1520. The normalized spacial score (nSPS) is 20.8. The van der Waals surface area contributed by atoms with Gasteiger partial charge in [-0.05, 0) is 74.9 Å². The number of hydrogen-bond donors (Lipinski definition) is 2. The molecule has 11 nitrogen and oxygen atoms in total. The Morgan fingerprint density at radius 1 is 1.20 bits per heavy atom. The standard InChI is InChI=1S/C32H42N4O7S2/c1-22-19-36(23(2)21-37)32(39)27-18-26(34-45(40,41)30-9-7-17-44-30)10-11-28(27)43-24(3)8-5-6-16-42-29(22)20-35(4)31(38)25-12-14-33-15-13-25/h7,9-15,17-18,22-24,29,34,37H,5-6,8,16,19-21H2,1-4H3/t22-,23+,24-,29-/m1/s1. The summed E-state index contributed by atoms with van der Waals surface area (Å²) < 4.78 is 41.2. The molecule has 0 unspecified atom stereocenters. The lowest BCUT2D eigenvalue weighted by Gasteiger charge is -2.36. The molecule has 0 aliphatic carbocycles. The molecule has 0 saturated carbocycles. The fraction of sp³-hybridized carbons (Fsp3) is 0.469. The average molecular weight is 659 g/mol. The molecule has 45 heavy (non-hydrogen) atoms. The summed E-state index contributed by atoms with van der Waals surface area (Å²) in [5.74, 6) is -0.481. The van der Waals surface area contributed by atoms with Crippen LogP contribution < -0.4 is 9.46 Å². The Morgan fingerprint density at radius 3 is 2.64 bits per heavy atom. The third kappa shape index (κ3) is 9.03. The lowest BCUT2D eigenvalue weighted by molar-refractivity contribution is -0.0149. The number of sulfonamides is 1. The lowest BCUT2D eigenvalue weighted by atomic mass is 10.0. The molecule has 0 spiro atoms. The zero-order valence-electron chi connectivity index (χ0n) is 26.1. The number of nitrogens with zero attached hydrogens (tertiary/aromatic N) is 3. The van der Waals surface area contributed by atoms with Crippen molar-refractivity contribution in [1.82, 2.24) is 14.8 Å². The van der Waals surface area contributed by atoms with Crippen LogP contribution in [0.5, 0.6) is 5.75 Å². The molecular weight excluding hydrogens is 617 g/mol. The van der Waals surface area contributed by atoms with Gasteiger partial charge in [0.15, 0.2) is 0 Å². The molecule has 0 fully saturated rings. The summed E-state index contributed by atoms with van der Waals surface area (Å²) in [6.45, 7) is 6.32. The summed E-state index contributed by atoms with van der Waals surface area (Å²) >= 11 is 1.09. The van der Waals surface area contributed by atoms with E-state index < -0.39 is 28.1 Å². The number of aliphatic hydroxyl groups is 1. The minimum atomic E-state index is -3.85. The van der Waals surface area contributed by atoms with Crippen molar-refractivity contribution in [1.29, 1.82) is 0 Å². The van der Waals surface area contributed by atoms with Crippen molar-refractivity contribution < 1.29 is 32.6 Å². The van der Waals surface area contributed by atoms with Gasteiger partial charge in [-0.15, -0.1) is 11.3 Å². The summed E-state index contributed by atoms with van der Waals surface area (Å²) in [6.07, 6.45) is 4.83. The molecule has 2 amide bonds. The van der Waals surface area contributed by atoms with Gasteiger partial charge in [0.1, 0.15) is 9.96 Å². The smallest absolute Gasteiger partial charge is 0.271 e. The van der Waals surface area contributed by atoms with Crippen LogP contribution in [0.2, 0.25) is 0 Å². The summed E-state index contributed by atoms with van der Waals surface area (Å²) in [6, 6.07) is 10.6. The Kier molecular flexibility index (Phi) is 12.0. The minimum absolute atomic E-state index is 0.154. The van der Waals surface area contributed by atoms with E-state index in [-0.39, 0.29) is 46.5 Å². The maximum atomic E-state index is 14.3. The van der Waals surface area contributed by atoms with Gasteiger partial charge in [0.05, 0.1) is 30.4 Å². The number of amides is 2. The second kappa shape index (κ2) is 15.7. The topological polar surface area (TPSA) is 138 Å². The van der Waals surface area contributed by atoms with Crippen LogP contribution in [0.25, 0.3) is 0 Å². The number of thiophene rings is 1. The number of carbonyl (C=O) groups excluding carboxylic acids is 2. The maximum absolute atomic E-state index is 14.3. The predicted octanol–water partition coefficient (Wildman–Crippen LogP) is 4.51. The first-order chi connectivity index (χ1) is 21.5. The first-order valence-corrected chi connectivity index (χ1v) is 17.4. The number of nitrogens with one attached hydrogen (secondary N) is 1. The Hall–Kier alpha value is -3.52. The molecule has 0 radical (unpaired) electrons. The SMILES string of the molecule is C[C@@H]1CCCCO[C@H](CN(C)C(=O)c2ccncc2)[C@H](C)CN([C@@H](C)CO)C(=O)c2cc(NS(=O)(=O)c3cccs3)ccc2O1. The number of rotatable bonds is 8. The van der Waals surface area contributed by atoms with E-state index in [1.54, 1.807) is 71.9 Å². The summed E-state index contributed by atoms with van der Waals surface area (Å²) in [7, 11) is -2.13. The van der Waals surface area contributed by atoms with E-state index >= 15 is 0 Å². The molecule has 0 bridgehead atoms. The zero-order chi connectivity index (χ0) is 32.6. The Morgan fingerprint density at radius 2 is 1.96 bits per heavy atom. The van der Waals surface area contributed by atoms with Gasteiger partial charge in [0, 0.05) is 56.3 Å². The lowest BCUT2D eigenvalue weighted by Crippen LogP contribution is -2.48. The number of benzene rings is 1. The molecule has 4 atom stereocenters. The molecule has 13 heteroatoms. The van der Waals surface area contributed by atoms with Gasteiger partial charge in [-0.1, -0.05) is 13.0 Å². The average Bonchev–Trinajstić information content (AvgIpc) is 3.59. The maximum Gasteiger partial charge on any atom is 0.271 e. The highest BCUT2D eigenvalue weighted by molar-refractivity contribution is 7.94. The molecule has 0 saturated heterocycles. The van der Waals surface area contributed by atoms with Crippen LogP contribution in [0.15, 0.2) is 64.4 Å². The number of likely N-dealkylation sites (N-methyl/N-ethyl adjacent to an activating group) is 1. The Balaban J connectivity index is 1.65. The summed E-state index contributed by atoms with van der Waals surface area (Å²) in [5, 5.41) is 11.8. The molecule has 2 N–H and O–H groups in total. The van der Waals surface area contributed by atoms with Gasteiger partial charge in [0.25, 0.3) is 21.8 Å². The number of hydrogen-bond acceptors (Lipinski definition) is 9. The fourth-order valence-electron chi connectivity index (χ4n) is 5.14. The molecular formula is C32H42N4O7S2. The van der Waals surface area contributed by atoms with Crippen LogP contribution in [0, 0.1) is 5.92 Å². The molecule has 1 aliphatic heterocycles. The second-order valence-electron chi connectivity index (χ2n) is 11.5. The number of carbonyl (C=O) groups is 2. The van der Waals surface area contributed by atoms with Gasteiger partial charge in [-0.25, -0.2) is 8.42 Å². The Labute approximate surface area is 269 Å². The third-order valence-corrected chi connectivity index (χ3v) is 10.6. The number of aliphatic hydroxyl groups excluding tert-OH is 1. The van der Waals surface area contributed by atoms with Gasteiger partial charge in [-0.3, -0.25) is 19.3 Å². The van der Waals surface area contributed by atoms with Crippen molar-refractivity contribution in [3.8, 4) is 5.75 Å². The highest BCUT2D eigenvalue weighted by Gasteiger charge is 2.31. The largest absolute Gasteiger partial charge is 0.490 e. The summed E-state index contributed by atoms with van der Waals surface area (Å²) in [5.41, 5.74) is 0.915. The third-order valence-electron chi connectivity index (χ3n) is 7.79. The van der Waals surface area contributed by atoms with E-state index in [1.165, 1.54) is 12.1 Å². The predicted molar refractivity (Wildman–Crippen MR) is 173 cm³/mol. The molecule has 1 aliphatic rings. The van der Waals surface area contributed by atoms with Crippen LogP contribution in [-0.4, -0.2) is 91.7 Å². The van der Waals surface area contributed by atoms with Gasteiger partial charge in [0.2, 0.25) is 0 Å². The molecule has 2 aromatic heterocycles. The van der Waals surface area contributed by atoms with Crippen molar-refractivity contribution in [2.45, 2.75) is 62.5 Å². The highest BCUT2D eigenvalue weighted by Crippen LogP contribution is 2.30. The molecule has 1 aromatic carbocycles. The van der Waals surface area contributed by atoms with Gasteiger partial charge in [-0.2, -0.15) is 0 Å². The number of anilines is 1. The number of fused-ring (bicyclic) bond motifs is 1. The molecule has 3 aromatic rings. The fourth-order valence-corrected chi connectivity index (χ4v) is 7.18. The van der Waals surface area contributed by atoms with E-state index in [9.17, 15) is 23.1 Å².